The van der Waals surface area contributed by atoms with Gasteiger partial charge in [0.1, 0.15) is 5.69 Å². The smallest absolute Gasteiger partial charge is 0.355 e. The van der Waals surface area contributed by atoms with Crippen molar-refractivity contribution < 1.29 is 28.6 Å². The number of methoxy groups -OCH3 is 2. The molecule has 0 radical (unpaired) electrons. The molecule has 0 fully saturated rings. The summed E-state index contributed by atoms with van der Waals surface area (Å²) in [5.74, 6) is -0.308. The number of benzene rings is 1. The molecule has 26 heavy (non-hydrogen) atoms. The lowest BCUT2D eigenvalue weighted by Gasteiger charge is -2.09. The lowest BCUT2D eigenvalue weighted by atomic mass is 10.1. The Morgan fingerprint density at radius 3 is 2.23 bits per heavy atom. The first kappa shape index (κ1) is 19.2. The second-order valence-electron chi connectivity index (χ2n) is 5.75. The van der Waals surface area contributed by atoms with Gasteiger partial charge < -0.3 is 19.2 Å². The Morgan fingerprint density at radius 1 is 1.04 bits per heavy atom. The topological polar surface area (TPSA) is 94.7 Å². The van der Waals surface area contributed by atoms with Gasteiger partial charge in [-0.25, -0.2) is 4.79 Å². The van der Waals surface area contributed by atoms with E-state index in [1.165, 1.54) is 27.2 Å². The fourth-order valence-electron chi connectivity index (χ4n) is 2.78. The normalized spacial score (nSPS) is 10.3. The summed E-state index contributed by atoms with van der Waals surface area (Å²) in [7, 11) is 2.96. The van der Waals surface area contributed by atoms with E-state index in [9.17, 15) is 14.4 Å². The van der Waals surface area contributed by atoms with Gasteiger partial charge in [0.2, 0.25) is 0 Å². The molecule has 0 saturated carbocycles. The Balaban J connectivity index is 2.11. The summed E-state index contributed by atoms with van der Waals surface area (Å²) in [4.78, 5) is 39.0. The van der Waals surface area contributed by atoms with Gasteiger partial charge in [-0.2, -0.15) is 0 Å². The molecule has 0 aliphatic rings. The van der Waals surface area contributed by atoms with Gasteiger partial charge in [0, 0.05) is 16.8 Å². The molecule has 138 valence electrons. The van der Waals surface area contributed by atoms with Gasteiger partial charge in [0.15, 0.2) is 29.7 Å². The maximum Gasteiger partial charge on any atom is 0.355 e. The predicted molar refractivity (Wildman–Crippen MR) is 94.4 cm³/mol. The molecule has 7 nitrogen and oxygen atoms in total. The molecular formula is C19H21NO6. The number of nitrogens with one attached hydrogen (secondary N) is 1. The zero-order chi connectivity index (χ0) is 19.4. The molecule has 1 heterocycles. The zero-order valence-electron chi connectivity index (χ0n) is 15.4. The monoisotopic (exact) mass is 359 g/mol. The summed E-state index contributed by atoms with van der Waals surface area (Å²) in [6, 6.07) is 4.69. The summed E-state index contributed by atoms with van der Waals surface area (Å²) < 4.78 is 15.4. The van der Waals surface area contributed by atoms with E-state index in [4.69, 9.17) is 14.2 Å². The molecule has 2 rings (SSSR count). The fraction of sp³-hybridized carbons (Fsp3) is 0.316. The second-order valence-corrected chi connectivity index (χ2v) is 5.75. The third-order valence-electron chi connectivity index (χ3n) is 4.03. The number of ketones is 2. The van der Waals surface area contributed by atoms with Crippen LogP contribution in [0.25, 0.3) is 0 Å². The van der Waals surface area contributed by atoms with Crippen LogP contribution in [0, 0.1) is 13.8 Å². The summed E-state index contributed by atoms with van der Waals surface area (Å²) >= 11 is 0. The van der Waals surface area contributed by atoms with Crippen LogP contribution in [-0.2, 0) is 4.74 Å². The molecule has 0 aliphatic heterocycles. The van der Waals surface area contributed by atoms with E-state index in [1.54, 1.807) is 26.0 Å². The minimum Gasteiger partial charge on any atom is -0.493 e. The minimum atomic E-state index is -0.688. The molecule has 0 bridgehead atoms. The maximum absolute atomic E-state index is 12.3. The molecule has 7 heteroatoms. The number of carbonyl (C=O) groups is 3. The van der Waals surface area contributed by atoms with Gasteiger partial charge in [-0.1, -0.05) is 0 Å². The maximum atomic E-state index is 12.3. The van der Waals surface area contributed by atoms with E-state index in [-0.39, 0.29) is 17.3 Å². The third kappa shape index (κ3) is 3.77. The van der Waals surface area contributed by atoms with Crippen LogP contribution < -0.4 is 9.47 Å². The van der Waals surface area contributed by atoms with Crippen LogP contribution in [0.15, 0.2) is 18.2 Å². The SMILES string of the molecule is COc1ccc(C(=O)COC(=O)c2[nH]c(C)c(C(C)=O)c2C)cc1OC. The summed E-state index contributed by atoms with van der Waals surface area (Å²) in [6.07, 6.45) is 0. The van der Waals surface area contributed by atoms with Crippen molar-refractivity contribution in [2.75, 3.05) is 20.8 Å². The fourth-order valence-corrected chi connectivity index (χ4v) is 2.78. The van der Waals surface area contributed by atoms with E-state index >= 15 is 0 Å². The first-order chi connectivity index (χ1) is 12.3. The van der Waals surface area contributed by atoms with Gasteiger partial charge in [-0.3, -0.25) is 9.59 Å². The molecule has 1 aromatic carbocycles. The van der Waals surface area contributed by atoms with Crippen molar-refractivity contribution in [3.05, 3.63) is 46.3 Å². The van der Waals surface area contributed by atoms with Crippen molar-refractivity contribution in [2.24, 2.45) is 0 Å². The highest BCUT2D eigenvalue weighted by Crippen LogP contribution is 2.27. The molecule has 0 saturated heterocycles. The van der Waals surface area contributed by atoms with Gasteiger partial charge in [-0.05, 0) is 44.5 Å². The number of esters is 1. The Bertz CT molecular complexity index is 865. The number of carbonyl (C=O) groups excluding carboxylic acids is 3. The first-order valence-corrected chi connectivity index (χ1v) is 7.92. The van der Waals surface area contributed by atoms with Crippen LogP contribution in [-0.4, -0.2) is 43.3 Å². The summed E-state index contributed by atoms with van der Waals surface area (Å²) in [5.41, 5.74) is 2.07. The minimum absolute atomic E-state index is 0.142. The number of hydrogen-bond donors (Lipinski definition) is 1. The van der Waals surface area contributed by atoms with Crippen LogP contribution in [0.3, 0.4) is 0 Å². The summed E-state index contributed by atoms with van der Waals surface area (Å²) in [6.45, 7) is 4.36. The largest absolute Gasteiger partial charge is 0.493 e. The molecule has 0 unspecified atom stereocenters. The molecule has 1 N–H and O–H groups in total. The highest BCUT2D eigenvalue weighted by atomic mass is 16.5. The average molecular weight is 359 g/mol. The van der Waals surface area contributed by atoms with Crippen LogP contribution >= 0.6 is 0 Å². The number of H-pyrrole nitrogens is 1. The van der Waals surface area contributed by atoms with Crippen LogP contribution in [0.2, 0.25) is 0 Å². The highest BCUT2D eigenvalue weighted by molar-refractivity contribution is 6.02. The Labute approximate surface area is 151 Å². The van der Waals surface area contributed by atoms with E-state index in [0.717, 1.165) is 0 Å². The number of Topliss-reactive ketones (excluding diaryl/α,β-unsaturated/α-hetero) is 2. The third-order valence-corrected chi connectivity index (χ3v) is 4.03. The van der Waals surface area contributed by atoms with Gasteiger partial charge in [-0.15, -0.1) is 0 Å². The first-order valence-electron chi connectivity index (χ1n) is 7.92. The van der Waals surface area contributed by atoms with E-state index in [2.05, 4.69) is 4.98 Å². The lowest BCUT2D eigenvalue weighted by molar-refractivity contribution is 0.0468. The van der Waals surface area contributed by atoms with Crippen LogP contribution in [0.4, 0.5) is 0 Å². The van der Waals surface area contributed by atoms with Crippen LogP contribution in [0.5, 0.6) is 11.5 Å². The van der Waals surface area contributed by atoms with E-state index in [1.807, 2.05) is 0 Å². The number of hydrogen-bond acceptors (Lipinski definition) is 6. The van der Waals surface area contributed by atoms with Crippen LogP contribution in [0.1, 0.15) is 49.4 Å². The molecule has 1 aromatic heterocycles. The predicted octanol–water partition coefficient (Wildman–Crippen LogP) is 2.89. The Kier molecular flexibility index (Phi) is 5.82. The number of ether oxygens (including phenoxy) is 3. The number of aromatic amines is 1. The van der Waals surface area contributed by atoms with Gasteiger partial charge >= 0.3 is 5.97 Å². The highest BCUT2D eigenvalue weighted by Gasteiger charge is 2.22. The van der Waals surface area contributed by atoms with Crippen molar-refractivity contribution >= 4 is 17.5 Å². The zero-order valence-corrected chi connectivity index (χ0v) is 15.4. The standard InChI is InChI=1S/C19H21NO6/c1-10-17(12(3)21)11(2)20-18(10)19(23)26-9-14(22)13-6-7-15(24-4)16(8-13)25-5/h6-8,20H,9H2,1-5H3. The number of rotatable bonds is 7. The Hall–Kier alpha value is -3.09. The molecule has 0 amide bonds. The second kappa shape index (κ2) is 7.86. The van der Waals surface area contributed by atoms with Crippen molar-refractivity contribution in [2.45, 2.75) is 20.8 Å². The molecular weight excluding hydrogens is 338 g/mol. The molecule has 0 aliphatic carbocycles. The lowest BCUT2D eigenvalue weighted by Crippen LogP contribution is -2.15. The summed E-state index contributed by atoms with van der Waals surface area (Å²) in [5, 5.41) is 0. The van der Waals surface area contributed by atoms with Crippen molar-refractivity contribution in [3.8, 4) is 11.5 Å². The van der Waals surface area contributed by atoms with E-state index in [0.29, 0.717) is 33.9 Å². The quantitative estimate of drug-likeness (QED) is 0.603. The van der Waals surface area contributed by atoms with Gasteiger partial charge in [0.25, 0.3) is 0 Å². The molecule has 0 atom stereocenters. The average Bonchev–Trinajstić information content (AvgIpc) is 2.93. The van der Waals surface area contributed by atoms with E-state index < -0.39 is 12.6 Å². The molecule has 0 spiro atoms. The number of aromatic nitrogens is 1. The van der Waals surface area contributed by atoms with Crippen molar-refractivity contribution in [3.63, 3.8) is 0 Å². The number of aryl methyl sites for hydroxylation is 1. The van der Waals surface area contributed by atoms with Gasteiger partial charge in [0.05, 0.1) is 14.2 Å². The Morgan fingerprint density at radius 2 is 1.69 bits per heavy atom. The van der Waals surface area contributed by atoms with Crippen molar-refractivity contribution in [1.29, 1.82) is 0 Å². The van der Waals surface area contributed by atoms with Crippen molar-refractivity contribution in [1.82, 2.24) is 4.98 Å². The molecule has 2 aromatic rings.